The molecule has 0 radical (unpaired) electrons. The molecule has 0 unspecified atom stereocenters. The highest BCUT2D eigenvalue weighted by Gasteiger charge is 2.35. The van der Waals surface area contributed by atoms with E-state index in [0.717, 1.165) is 37.6 Å². The number of benzene rings is 1. The molecule has 142 valence electrons. The van der Waals surface area contributed by atoms with Gasteiger partial charge < -0.3 is 9.64 Å². The summed E-state index contributed by atoms with van der Waals surface area (Å²) in [4.78, 5) is 20.7. The van der Waals surface area contributed by atoms with Gasteiger partial charge in [-0.15, -0.1) is 0 Å². The minimum Gasteiger partial charge on any atom is -0.487 e. The molecule has 0 aliphatic carbocycles. The Balaban J connectivity index is 1.40. The van der Waals surface area contributed by atoms with Crippen molar-refractivity contribution < 1.29 is 9.53 Å². The van der Waals surface area contributed by atoms with E-state index >= 15 is 0 Å². The van der Waals surface area contributed by atoms with Gasteiger partial charge in [-0.25, -0.2) is 0 Å². The van der Waals surface area contributed by atoms with E-state index in [1.807, 2.05) is 29.2 Å². The van der Waals surface area contributed by atoms with Gasteiger partial charge in [0.25, 0.3) is 0 Å². The summed E-state index contributed by atoms with van der Waals surface area (Å²) in [6.07, 6.45) is 4.20. The Bertz CT molecular complexity index is 780. The van der Waals surface area contributed by atoms with Gasteiger partial charge in [0.2, 0.25) is 5.91 Å². The molecule has 4 heterocycles. The Hall–Kier alpha value is -2.40. The van der Waals surface area contributed by atoms with Crippen molar-refractivity contribution in [2.45, 2.75) is 39.0 Å². The number of pyridine rings is 1. The third-order valence-electron chi connectivity index (χ3n) is 5.67. The fourth-order valence-corrected chi connectivity index (χ4v) is 4.24. The van der Waals surface area contributed by atoms with Crippen LogP contribution in [-0.4, -0.2) is 46.4 Å². The molecular weight excluding hydrogens is 338 g/mol. The minimum atomic E-state index is 0.207. The number of piperidine rings is 1. The van der Waals surface area contributed by atoms with Gasteiger partial charge in [0, 0.05) is 45.3 Å². The molecule has 3 aliphatic heterocycles. The number of nitrogens with zero attached hydrogens (tertiary/aromatic N) is 3. The first-order valence-corrected chi connectivity index (χ1v) is 9.78. The lowest BCUT2D eigenvalue weighted by molar-refractivity contribution is -0.129. The maximum Gasteiger partial charge on any atom is 0.219 e. The van der Waals surface area contributed by atoms with E-state index in [9.17, 15) is 4.79 Å². The molecule has 3 aliphatic rings. The topological polar surface area (TPSA) is 45.7 Å². The Morgan fingerprint density at radius 2 is 2.07 bits per heavy atom. The summed E-state index contributed by atoms with van der Waals surface area (Å²) in [5, 5.41) is 0. The number of carbonyl (C=O) groups excluding carboxylic acids is 1. The average Bonchev–Trinajstić information content (AvgIpc) is 3.00. The van der Waals surface area contributed by atoms with Gasteiger partial charge in [-0.1, -0.05) is 18.2 Å². The van der Waals surface area contributed by atoms with Crippen molar-refractivity contribution in [2.24, 2.45) is 5.92 Å². The number of amides is 1. The first-order valence-electron chi connectivity index (χ1n) is 9.78. The van der Waals surface area contributed by atoms with Crippen LogP contribution in [0.15, 0.2) is 48.7 Å². The lowest BCUT2D eigenvalue weighted by Crippen LogP contribution is -2.43. The molecule has 1 aromatic heterocycles. The van der Waals surface area contributed by atoms with Crippen molar-refractivity contribution in [3.05, 3.63) is 59.9 Å². The fraction of sp³-hybridized carbons (Fsp3) is 0.455. The Labute approximate surface area is 161 Å². The maximum atomic E-state index is 11.9. The second-order valence-corrected chi connectivity index (χ2v) is 7.71. The number of aromatic nitrogens is 1. The van der Waals surface area contributed by atoms with Crippen molar-refractivity contribution >= 4 is 5.91 Å². The molecule has 0 spiro atoms. The van der Waals surface area contributed by atoms with Crippen molar-refractivity contribution in [1.29, 1.82) is 0 Å². The van der Waals surface area contributed by atoms with Crippen LogP contribution in [0, 0.1) is 5.92 Å². The SMILES string of the molecule is CC(=O)N1C[C@@H]2CC[C@H](C1)N(Cc1cccc(OCc3ccccn3)c1)C2. The molecule has 27 heavy (non-hydrogen) atoms. The maximum absolute atomic E-state index is 11.9. The predicted octanol–water partition coefficient (Wildman–Crippen LogP) is 3.10. The van der Waals surface area contributed by atoms with Crippen LogP contribution in [0.1, 0.15) is 31.0 Å². The molecule has 1 aromatic carbocycles. The number of hydrogen-bond acceptors (Lipinski definition) is 4. The highest BCUT2D eigenvalue weighted by Crippen LogP contribution is 2.29. The monoisotopic (exact) mass is 365 g/mol. The van der Waals surface area contributed by atoms with Gasteiger partial charge in [-0.3, -0.25) is 14.7 Å². The highest BCUT2D eigenvalue weighted by molar-refractivity contribution is 5.73. The van der Waals surface area contributed by atoms with Crippen molar-refractivity contribution in [1.82, 2.24) is 14.8 Å². The molecule has 0 N–H and O–H groups in total. The van der Waals surface area contributed by atoms with Crippen molar-refractivity contribution in [2.75, 3.05) is 19.6 Å². The number of fused-ring (bicyclic) bond motifs is 4. The van der Waals surface area contributed by atoms with E-state index in [4.69, 9.17) is 4.74 Å². The molecule has 1 amide bonds. The summed E-state index contributed by atoms with van der Waals surface area (Å²) < 4.78 is 5.92. The minimum absolute atomic E-state index is 0.207. The number of hydrogen-bond donors (Lipinski definition) is 0. The van der Waals surface area contributed by atoms with E-state index < -0.39 is 0 Å². The van der Waals surface area contributed by atoms with Crippen LogP contribution in [0.4, 0.5) is 0 Å². The Kier molecular flexibility index (Phi) is 5.39. The quantitative estimate of drug-likeness (QED) is 0.817. The zero-order valence-corrected chi connectivity index (χ0v) is 15.9. The number of rotatable bonds is 5. The van der Waals surface area contributed by atoms with Crippen LogP contribution in [0.3, 0.4) is 0 Å². The van der Waals surface area contributed by atoms with E-state index in [0.29, 0.717) is 18.6 Å². The molecule has 2 atom stereocenters. The fourth-order valence-electron chi connectivity index (χ4n) is 4.24. The summed E-state index contributed by atoms with van der Waals surface area (Å²) in [6.45, 7) is 5.93. The molecule has 5 heteroatoms. The molecule has 2 aromatic rings. The highest BCUT2D eigenvalue weighted by atomic mass is 16.5. The molecule has 5 rings (SSSR count). The van der Waals surface area contributed by atoms with Gasteiger partial charge in [0.1, 0.15) is 12.4 Å². The zero-order chi connectivity index (χ0) is 18.6. The Morgan fingerprint density at radius 3 is 2.89 bits per heavy atom. The Morgan fingerprint density at radius 1 is 1.15 bits per heavy atom. The molecule has 3 fully saturated rings. The molecular formula is C22H27N3O2. The third-order valence-corrected chi connectivity index (χ3v) is 5.67. The van der Waals surface area contributed by atoms with Gasteiger partial charge in [0.15, 0.2) is 0 Å². The normalized spacial score (nSPS) is 22.5. The second kappa shape index (κ2) is 8.09. The smallest absolute Gasteiger partial charge is 0.219 e. The van der Waals surface area contributed by atoms with Gasteiger partial charge >= 0.3 is 0 Å². The van der Waals surface area contributed by atoms with E-state index in [-0.39, 0.29) is 5.91 Å². The molecule has 5 nitrogen and oxygen atoms in total. The van der Waals surface area contributed by atoms with Crippen molar-refractivity contribution in [3.63, 3.8) is 0 Å². The first kappa shape index (κ1) is 18.0. The first-order chi connectivity index (χ1) is 13.2. The van der Waals surface area contributed by atoms with Crippen LogP contribution in [-0.2, 0) is 17.9 Å². The van der Waals surface area contributed by atoms with Crippen LogP contribution >= 0.6 is 0 Å². The standard InChI is InChI=1S/C22H27N3O2/c1-17(26)24-13-19-8-9-21(15-24)25(14-19)12-18-5-4-7-22(11-18)27-16-20-6-2-3-10-23-20/h2-7,10-11,19,21H,8-9,12-16H2,1H3/t19-,21+/m0/s1. The predicted molar refractivity (Wildman–Crippen MR) is 104 cm³/mol. The lowest BCUT2D eigenvalue weighted by Gasteiger charge is -2.36. The second-order valence-electron chi connectivity index (χ2n) is 7.71. The van der Waals surface area contributed by atoms with E-state index in [2.05, 4.69) is 28.1 Å². The van der Waals surface area contributed by atoms with Crippen LogP contribution in [0.2, 0.25) is 0 Å². The van der Waals surface area contributed by atoms with Gasteiger partial charge in [-0.2, -0.15) is 0 Å². The van der Waals surface area contributed by atoms with Gasteiger partial charge in [-0.05, 0) is 48.6 Å². The summed E-state index contributed by atoms with van der Waals surface area (Å²) in [5.41, 5.74) is 2.19. The van der Waals surface area contributed by atoms with E-state index in [1.54, 1.807) is 13.1 Å². The molecule has 3 saturated heterocycles. The number of carbonyl (C=O) groups is 1. The third kappa shape index (κ3) is 4.48. The molecule has 2 bridgehead atoms. The van der Waals surface area contributed by atoms with Crippen LogP contribution in [0.25, 0.3) is 0 Å². The summed E-state index contributed by atoms with van der Waals surface area (Å²) in [6, 6.07) is 14.7. The summed E-state index contributed by atoms with van der Waals surface area (Å²) in [7, 11) is 0. The summed E-state index contributed by atoms with van der Waals surface area (Å²) in [5.74, 6) is 1.68. The lowest BCUT2D eigenvalue weighted by atomic mass is 9.94. The summed E-state index contributed by atoms with van der Waals surface area (Å²) >= 11 is 0. The molecule has 0 saturated carbocycles. The average molecular weight is 365 g/mol. The van der Waals surface area contributed by atoms with E-state index in [1.165, 1.54) is 18.4 Å². The van der Waals surface area contributed by atoms with Crippen LogP contribution < -0.4 is 4.74 Å². The van der Waals surface area contributed by atoms with Crippen LogP contribution in [0.5, 0.6) is 5.75 Å². The van der Waals surface area contributed by atoms with Gasteiger partial charge in [0.05, 0.1) is 5.69 Å². The largest absolute Gasteiger partial charge is 0.487 e. The van der Waals surface area contributed by atoms with Crippen molar-refractivity contribution in [3.8, 4) is 5.75 Å². The number of ether oxygens (including phenoxy) is 1. The zero-order valence-electron chi connectivity index (χ0n) is 15.9.